The summed E-state index contributed by atoms with van der Waals surface area (Å²) in [5.74, 6) is 0.860. The minimum absolute atomic E-state index is 0.0116. The van der Waals surface area contributed by atoms with Crippen molar-refractivity contribution in [2.75, 3.05) is 26.2 Å². The molecule has 1 atom stereocenters. The van der Waals surface area contributed by atoms with Gasteiger partial charge < -0.3 is 15.4 Å². The number of carbonyl (C=O) groups excluding carboxylic acids is 1. The van der Waals surface area contributed by atoms with Gasteiger partial charge in [0.2, 0.25) is 5.91 Å². The van der Waals surface area contributed by atoms with Crippen LogP contribution in [0.15, 0.2) is 24.4 Å². The number of nitrogens with zero attached hydrogens (tertiary/aromatic N) is 3. The number of morpholine rings is 1. The Morgan fingerprint density at radius 3 is 3.29 bits per heavy atom. The fourth-order valence-corrected chi connectivity index (χ4v) is 2.40. The highest BCUT2D eigenvalue weighted by molar-refractivity contribution is 5.76. The highest BCUT2D eigenvalue weighted by Crippen LogP contribution is 2.04. The van der Waals surface area contributed by atoms with Crippen molar-refractivity contribution in [3.63, 3.8) is 0 Å². The molecule has 1 unspecified atom stereocenters. The molecule has 3 rings (SSSR count). The van der Waals surface area contributed by atoms with E-state index in [1.54, 1.807) is 0 Å². The van der Waals surface area contributed by atoms with E-state index in [1.165, 1.54) is 0 Å². The summed E-state index contributed by atoms with van der Waals surface area (Å²) in [6, 6.07) is 5.77. The van der Waals surface area contributed by atoms with Gasteiger partial charge in [-0.3, -0.25) is 9.20 Å². The summed E-state index contributed by atoms with van der Waals surface area (Å²) in [6.45, 7) is 2.82. The van der Waals surface area contributed by atoms with Crippen LogP contribution in [0.25, 0.3) is 5.65 Å². The molecule has 1 saturated heterocycles. The van der Waals surface area contributed by atoms with Crippen molar-refractivity contribution in [1.29, 1.82) is 0 Å². The third-order valence-electron chi connectivity index (χ3n) is 3.47. The average Bonchev–Trinajstić information content (AvgIpc) is 2.92. The van der Waals surface area contributed by atoms with E-state index < -0.39 is 0 Å². The van der Waals surface area contributed by atoms with Crippen LogP contribution in [0.3, 0.4) is 0 Å². The van der Waals surface area contributed by atoms with Gasteiger partial charge in [0, 0.05) is 32.3 Å². The van der Waals surface area contributed by atoms with Gasteiger partial charge in [0.05, 0.1) is 19.1 Å². The van der Waals surface area contributed by atoms with Gasteiger partial charge >= 0.3 is 0 Å². The summed E-state index contributed by atoms with van der Waals surface area (Å²) in [4.78, 5) is 11.8. The minimum Gasteiger partial charge on any atom is -0.375 e. The molecule has 2 N–H and O–H groups in total. The normalized spacial score (nSPS) is 18.8. The molecule has 21 heavy (non-hydrogen) atoms. The predicted molar refractivity (Wildman–Crippen MR) is 76.9 cm³/mol. The first-order chi connectivity index (χ1) is 10.3. The van der Waals surface area contributed by atoms with Crippen molar-refractivity contribution in [3.05, 3.63) is 30.2 Å². The molecule has 0 saturated carbocycles. The molecule has 0 spiro atoms. The van der Waals surface area contributed by atoms with Crippen LogP contribution in [-0.4, -0.2) is 52.9 Å². The van der Waals surface area contributed by atoms with E-state index in [2.05, 4.69) is 20.8 Å². The van der Waals surface area contributed by atoms with Crippen LogP contribution in [0.5, 0.6) is 0 Å². The van der Waals surface area contributed by atoms with E-state index >= 15 is 0 Å². The Kier molecular flexibility index (Phi) is 4.42. The van der Waals surface area contributed by atoms with Crippen molar-refractivity contribution in [1.82, 2.24) is 25.2 Å². The first kappa shape index (κ1) is 14.0. The molecule has 0 radical (unpaired) electrons. The first-order valence-electron chi connectivity index (χ1n) is 7.20. The minimum atomic E-state index is -0.0207. The number of pyridine rings is 1. The van der Waals surface area contributed by atoms with Crippen LogP contribution < -0.4 is 10.6 Å². The molecule has 1 fully saturated rings. The summed E-state index contributed by atoms with van der Waals surface area (Å²) < 4.78 is 7.44. The monoisotopic (exact) mass is 289 g/mol. The van der Waals surface area contributed by atoms with Gasteiger partial charge in [0.15, 0.2) is 5.65 Å². The van der Waals surface area contributed by atoms with Crippen molar-refractivity contribution < 1.29 is 9.53 Å². The lowest BCUT2D eigenvalue weighted by Gasteiger charge is -2.22. The van der Waals surface area contributed by atoms with Crippen LogP contribution in [0, 0.1) is 0 Å². The lowest BCUT2D eigenvalue weighted by molar-refractivity contribution is -0.124. The molecule has 2 aromatic rings. The number of amides is 1. The predicted octanol–water partition coefficient (Wildman–Crippen LogP) is -0.233. The standard InChI is InChI=1S/C14H19N5O2/c20-14(9-11-10-15-6-8-21-11)16-5-4-13-18-17-12-3-1-2-7-19(12)13/h1-3,7,11,15H,4-6,8-10H2,(H,16,20). The van der Waals surface area contributed by atoms with Crippen LogP contribution in [0.1, 0.15) is 12.2 Å². The Bertz CT molecular complexity index is 606. The van der Waals surface area contributed by atoms with Gasteiger partial charge in [0.1, 0.15) is 5.82 Å². The van der Waals surface area contributed by atoms with Crippen LogP contribution in [0.2, 0.25) is 0 Å². The Balaban J connectivity index is 1.46. The zero-order valence-electron chi connectivity index (χ0n) is 11.8. The molecule has 7 nitrogen and oxygen atoms in total. The third kappa shape index (κ3) is 3.56. The number of nitrogens with one attached hydrogen (secondary N) is 2. The second-order valence-corrected chi connectivity index (χ2v) is 5.05. The SMILES string of the molecule is O=C(CC1CNCCO1)NCCc1nnc2ccccn12. The maximum absolute atomic E-state index is 11.8. The van der Waals surface area contributed by atoms with Crippen LogP contribution >= 0.6 is 0 Å². The largest absolute Gasteiger partial charge is 0.375 e. The first-order valence-corrected chi connectivity index (χ1v) is 7.20. The highest BCUT2D eigenvalue weighted by Gasteiger charge is 2.17. The van der Waals surface area contributed by atoms with Gasteiger partial charge in [-0.25, -0.2) is 0 Å². The molecule has 2 aromatic heterocycles. The van der Waals surface area contributed by atoms with Gasteiger partial charge in [-0.15, -0.1) is 10.2 Å². The molecule has 0 bridgehead atoms. The van der Waals surface area contributed by atoms with E-state index in [4.69, 9.17) is 4.74 Å². The quantitative estimate of drug-likeness (QED) is 0.794. The van der Waals surface area contributed by atoms with E-state index in [9.17, 15) is 4.79 Å². The third-order valence-corrected chi connectivity index (χ3v) is 3.47. The van der Waals surface area contributed by atoms with E-state index in [-0.39, 0.29) is 12.0 Å². The summed E-state index contributed by atoms with van der Waals surface area (Å²) in [5.41, 5.74) is 0.820. The molecular weight excluding hydrogens is 270 g/mol. The second kappa shape index (κ2) is 6.64. The van der Waals surface area contributed by atoms with Gasteiger partial charge in [-0.1, -0.05) is 6.07 Å². The highest BCUT2D eigenvalue weighted by atomic mass is 16.5. The van der Waals surface area contributed by atoms with Crippen LogP contribution in [-0.2, 0) is 16.0 Å². The molecule has 3 heterocycles. The Labute approximate surface area is 122 Å². The molecule has 0 aliphatic carbocycles. The topological polar surface area (TPSA) is 80.5 Å². The fourth-order valence-electron chi connectivity index (χ4n) is 2.40. The zero-order valence-corrected chi connectivity index (χ0v) is 11.8. The Hall–Kier alpha value is -1.99. The number of aromatic nitrogens is 3. The maximum atomic E-state index is 11.8. The molecule has 1 aliphatic heterocycles. The number of hydrogen-bond donors (Lipinski definition) is 2. The summed E-state index contributed by atoms with van der Waals surface area (Å²) in [5, 5.41) is 14.3. The Morgan fingerprint density at radius 2 is 2.43 bits per heavy atom. The summed E-state index contributed by atoms with van der Waals surface area (Å²) >= 11 is 0. The Morgan fingerprint density at radius 1 is 1.48 bits per heavy atom. The van der Waals surface area contributed by atoms with Gasteiger partial charge in [-0.05, 0) is 12.1 Å². The molecular formula is C14H19N5O2. The zero-order chi connectivity index (χ0) is 14.5. The van der Waals surface area contributed by atoms with E-state index in [0.29, 0.717) is 26.0 Å². The number of rotatable bonds is 5. The average molecular weight is 289 g/mol. The second-order valence-electron chi connectivity index (χ2n) is 5.05. The molecule has 7 heteroatoms. The molecule has 112 valence electrons. The smallest absolute Gasteiger partial charge is 0.222 e. The van der Waals surface area contributed by atoms with Crippen molar-refractivity contribution in [2.24, 2.45) is 0 Å². The number of carbonyl (C=O) groups is 1. The number of ether oxygens (including phenoxy) is 1. The molecule has 0 aromatic carbocycles. The fraction of sp³-hybridized carbons (Fsp3) is 0.500. The lowest BCUT2D eigenvalue weighted by Crippen LogP contribution is -2.41. The lowest BCUT2D eigenvalue weighted by atomic mass is 10.2. The molecule has 1 amide bonds. The van der Waals surface area contributed by atoms with E-state index in [0.717, 1.165) is 24.6 Å². The number of hydrogen-bond acceptors (Lipinski definition) is 5. The molecule has 1 aliphatic rings. The van der Waals surface area contributed by atoms with Crippen molar-refractivity contribution in [2.45, 2.75) is 18.9 Å². The maximum Gasteiger partial charge on any atom is 0.222 e. The van der Waals surface area contributed by atoms with Crippen molar-refractivity contribution >= 4 is 11.6 Å². The van der Waals surface area contributed by atoms with E-state index in [1.807, 2.05) is 28.8 Å². The summed E-state index contributed by atoms with van der Waals surface area (Å²) in [7, 11) is 0. The van der Waals surface area contributed by atoms with Gasteiger partial charge in [-0.2, -0.15) is 0 Å². The number of fused-ring (bicyclic) bond motifs is 1. The van der Waals surface area contributed by atoms with Crippen LogP contribution in [0.4, 0.5) is 0 Å². The van der Waals surface area contributed by atoms with Gasteiger partial charge in [0.25, 0.3) is 0 Å². The summed E-state index contributed by atoms with van der Waals surface area (Å²) in [6.07, 6.45) is 2.95. The van der Waals surface area contributed by atoms with Crippen molar-refractivity contribution in [3.8, 4) is 0 Å².